The van der Waals surface area contributed by atoms with Crippen molar-refractivity contribution in [3.63, 3.8) is 0 Å². The fourth-order valence-electron chi connectivity index (χ4n) is 2.30. The highest BCUT2D eigenvalue weighted by Crippen LogP contribution is 2.25. The van der Waals surface area contributed by atoms with Crippen LogP contribution in [0.15, 0.2) is 48.5 Å². The van der Waals surface area contributed by atoms with Crippen molar-refractivity contribution in [1.82, 2.24) is 10.0 Å². The second-order valence-corrected chi connectivity index (χ2v) is 7.85. The Balaban J connectivity index is 1.78. The summed E-state index contributed by atoms with van der Waals surface area (Å²) in [5, 5.41) is 3.02. The minimum absolute atomic E-state index is 0.270. The Morgan fingerprint density at radius 1 is 1.12 bits per heavy atom. The lowest BCUT2D eigenvalue weighted by Crippen LogP contribution is -2.38. The quantitative estimate of drug-likeness (QED) is 0.680. The van der Waals surface area contributed by atoms with Gasteiger partial charge in [-0.2, -0.15) is 0 Å². The number of halogens is 1. The Labute approximate surface area is 158 Å². The van der Waals surface area contributed by atoms with Gasteiger partial charge in [0.05, 0.1) is 24.4 Å². The first-order chi connectivity index (χ1) is 12.4. The molecule has 0 saturated heterocycles. The second kappa shape index (κ2) is 9.56. The van der Waals surface area contributed by atoms with Crippen LogP contribution in [0.25, 0.3) is 0 Å². The zero-order valence-electron chi connectivity index (χ0n) is 14.4. The van der Waals surface area contributed by atoms with Gasteiger partial charge in [-0.05, 0) is 29.7 Å². The van der Waals surface area contributed by atoms with Crippen LogP contribution in [0.1, 0.15) is 11.1 Å². The van der Waals surface area contributed by atoms with Gasteiger partial charge in [0, 0.05) is 6.54 Å². The van der Waals surface area contributed by atoms with Crippen LogP contribution < -0.4 is 14.8 Å². The third-order valence-corrected chi connectivity index (χ3v) is 5.20. The van der Waals surface area contributed by atoms with Crippen molar-refractivity contribution < 1.29 is 17.9 Å². The molecule has 0 aliphatic rings. The lowest BCUT2D eigenvalue weighted by Gasteiger charge is -2.09. The number of rotatable bonds is 9. The van der Waals surface area contributed by atoms with Gasteiger partial charge >= 0.3 is 0 Å². The predicted molar refractivity (Wildman–Crippen MR) is 102 cm³/mol. The highest BCUT2D eigenvalue weighted by molar-refractivity contribution is 7.88. The highest BCUT2D eigenvalue weighted by Gasteiger charge is 2.14. The third-order valence-electron chi connectivity index (χ3n) is 3.60. The summed E-state index contributed by atoms with van der Waals surface area (Å²) in [5.74, 6) is -0.176. The van der Waals surface area contributed by atoms with Crippen LogP contribution in [-0.4, -0.2) is 34.5 Å². The van der Waals surface area contributed by atoms with Crippen LogP contribution in [0.5, 0.6) is 5.75 Å². The summed E-state index contributed by atoms with van der Waals surface area (Å²) in [7, 11) is -2.17. The van der Waals surface area contributed by atoms with Crippen molar-refractivity contribution in [2.75, 3.05) is 20.2 Å². The fourth-order valence-corrected chi connectivity index (χ4v) is 3.65. The van der Waals surface area contributed by atoms with Crippen molar-refractivity contribution in [3.05, 3.63) is 64.7 Å². The molecule has 26 heavy (non-hydrogen) atoms. The Morgan fingerprint density at radius 2 is 1.85 bits per heavy atom. The normalized spacial score (nSPS) is 11.2. The summed E-state index contributed by atoms with van der Waals surface area (Å²) < 4.78 is 31.5. The summed E-state index contributed by atoms with van der Waals surface area (Å²) >= 11 is 5.99. The van der Waals surface area contributed by atoms with Gasteiger partial charge in [0.1, 0.15) is 5.75 Å². The Bertz CT molecular complexity index is 842. The van der Waals surface area contributed by atoms with Crippen LogP contribution in [0.3, 0.4) is 0 Å². The van der Waals surface area contributed by atoms with Crippen LogP contribution >= 0.6 is 11.6 Å². The average molecular weight is 397 g/mol. The summed E-state index contributed by atoms with van der Waals surface area (Å²) in [6.07, 6.45) is 0.684. The molecule has 0 aliphatic heterocycles. The number of carbonyl (C=O) groups is 1. The van der Waals surface area contributed by atoms with E-state index in [1.165, 1.54) is 13.2 Å². The molecule has 0 atom stereocenters. The molecule has 0 aliphatic carbocycles. The predicted octanol–water partition coefficient (Wildman–Crippen LogP) is 2.13. The van der Waals surface area contributed by atoms with E-state index in [1.807, 2.05) is 30.3 Å². The zero-order chi connectivity index (χ0) is 19.0. The first-order valence-corrected chi connectivity index (χ1v) is 10.0. The van der Waals surface area contributed by atoms with E-state index in [0.29, 0.717) is 29.3 Å². The van der Waals surface area contributed by atoms with Crippen molar-refractivity contribution in [3.8, 4) is 5.75 Å². The standard InChI is InChI=1S/C18H21ClN2O4S/c1-25-17-8-7-15(11-16(17)19)13-26(23,24)21-12-18(22)20-10-9-14-5-3-2-4-6-14/h2-8,11,21H,9-10,12-13H2,1H3,(H,20,22). The molecule has 0 aromatic heterocycles. The molecule has 0 radical (unpaired) electrons. The van der Waals surface area contributed by atoms with Gasteiger partial charge < -0.3 is 10.1 Å². The van der Waals surface area contributed by atoms with Crippen molar-refractivity contribution >= 4 is 27.5 Å². The maximum Gasteiger partial charge on any atom is 0.235 e. The Kier molecular flexibility index (Phi) is 7.44. The molecular weight excluding hydrogens is 376 g/mol. The number of nitrogens with one attached hydrogen (secondary N) is 2. The Hall–Kier alpha value is -2.09. The molecule has 6 nitrogen and oxygen atoms in total. The fraction of sp³-hybridized carbons (Fsp3) is 0.278. The molecule has 2 rings (SSSR count). The van der Waals surface area contributed by atoms with Gasteiger partial charge in [0.25, 0.3) is 0 Å². The van der Waals surface area contributed by atoms with Crippen molar-refractivity contribution in [1.29, 1.82) is 0 Å². The number of hydrogen-bond acceptors (Lipinski definition) is 4. The van der Waals surface area contributed by atoms with E-state index in [-0.39, 0.29) is 18.2 Å². The van der Waals surface area contributed by atoms with E-state index in [1.54, 1.807) is 12.1 Å². The van der Waals surface area contributed by atoms with Gasteiger partial charge in [0.15, 0.2) is 0 Å². The van der Waals surface area contributed by atoms with Crippen LogP contribution in [0, 0.1) is 0 Å². The monoisotopic (exact) mass is 396 g/mol. The number of amides is 1. The smallest absolute Gasteiger partial charge is 0.235 e. The maximum absolute atomic E-state index is 12.1. The SMILES string of the molecule is COc1ccc(CS(=O)(=O)NCC(=O)NCCc2ccccc2)cc1Cl. The minimum Gasteiger partial charge on any atom is -0.495 e. The summed E-state index contributed by atoms with van der Waals surface area (Å²) in [4.78, 5) is 11.8. The van der Waals surface area contributed by atoms with E-state index in [2.05, 4.69) is 10.0 Å². The summed E-state index contributed by atoms with van der Waals surface area (Å²) in [6, 6.07) is 14.5. The lowest BCUT2D eigenvalue weighted by molar-refractivity contribution is -0.119. The highest BCUT2D eigenvalue weighted by atomic mass is 35.5. The van der Waals surface area contributed by atoms with E-state index < -0.39 is 10.0 Å². The van der Waals surface area contributed by atoms with Gasteiger partial charge in [-0.3, -0.25) is 4.79 Å². The molecule has 140 valence electrons. The summed E-state index contributed by atoms with van der Waals surface area (Å²) in [5.41, 5.74) is 1.61. The molecule has 0 bridgehead atoms. The molecule has 0 spiro atoms. The molecular formula is C18H21ClN2O4S. The van der Waals surface area contributed by atoms with Gasteiger partial charge in [-0.1, -0.05) is 48.0 Å². The molecule has 0 fully saturated rings. The molecule has 0 heterocycles. The number of hydrogen-bond donors (Lipinski definition) is 2. The van der Waals surface area contributed by atoms with Crippen LogP contribution in [0.4, 0.5) is 0 Å². The topological polar surface area (TPSA) is 84.5 Å². The number of ether oxygens (including phenoxy) is 1. The second-order valence-electron chi connectivity index (χ2n) is 5.63. The first-order valence-electron chi connectivity index (χ1n) is 8.00. The van der Waals surface area contributed by atoms with E-state index >= 15 is 0 Å². The van der Waals surface area contributed by atoms with Crippen molar-refractivity contribution in [2.45, 2.75) is 12.2 Å². The average Bonchev–Trinajstić information content (AvgIpc) is 2.61. The van der Waals surface area contributed by atoms with Crippen LogP contribution in [0.2, 0.25) is 5.02 Å². The molecule has 2 aromatic rings. The molecule has 0 saturated carbocycles. The molecule has 2 aromatic carbocycles. The molecule has 8 heteroatoms. The molecule has 0 unspecified atom stereocenters. The van der Waals surface area contributed by atoms with Gasteiger partial charge in [-0.25, -0.2) is 13.1 Å². The first kappa shape index (κ1) is 20.2. The molecule has 2 N–H and O–H groups in total. The van der Waals surface area contributed by atoms with Crippen molar-refractivity contribution in [2.24, 2.45) is 0 Å². The summed E-state index contributed by atoms with van der Waals surface area (Å²) in [6.45, 7) is 0.139. The van der Waals surface area contributed by atoms with E-state index in [0.717, 1.165) is 5.56 Å². The maximum atomic E-state index is 12.1. The lowest BCUT2D eigenvalue weighted by atomic mass is 10.1. The zero-order valence-corrected chi connectivity index (χ0v) is 15.9. The number of sulfonamides is 1. The van der Waals surface area contributed by atoms with Crippen LogP contribution in [-0.2, 0) is 27.0 Å². The van der Waals surface area contributed by atoms with Gasteiger partial charge in [0.2, 0.25) is 15.9 Å². The number of benzene rings is 2. The number of methoxy groups -OCH3 is 1. The minimum atomic E-state index is -3.65. The Morgan fingerprint density at radius 3 is 2.50 bits per heavy atom. The van der Waals surface area contributed by atoms with E-state index in [9.17, 15) is 13.2 Å². The molecule has 1 amide bonds. The largest absolute Gasteiger partial charge is 0.495 e. The number of carbonyl (C=O) groups excluding carboxylic acids is 1. The third kappa shape index (κ3) is 6.67. The van der Waals surface area contributed by atoms with Gasteiger partial charge in [-0.15, -0.1) is 0 Å². The van der Waals surface area contributed by atoms with E-state index in [4.69, 9.17) is 16.3 Å².